The fourth-order valence-corrected chi connectivity index (χ4v) is 1.74. The molecule has 0 N–H and O–H groups in total. The highest BCUT2D eigenvalue weighted by Crippen LogP contribution is 2.14. The van der Waals surface area contributed by atoms with Crippen molar-refractivity contribution in [3.05, 3.63) is 35.9 Å². The predicted molar refractivity (Wildman–Crippen MR) is 75.8 cm³/mol. The Morgan fingerprint density at radius 1 is 1.28 bits per heavy atom. The van der Waals surface area contributed by atoms with Gasteiger partial charge < -0.3 is 4.74 Å². The molecule has 0 bridgehead atoms. The van der Waals surface area contributed by atoms with Crippen molar-refractivity contribution in [2.45, 2.75) is 39.0 Å². The molecule has 1 rings (SSSR count). The van der Waals surface area contributed by atoms with Crippen LogP contribution in [0.25, 0.3) is 6.08 Å². The highest BCUT2D eigenvalue weighted by molar-refractivity contribution is 5.93. The second-order valence-corrected chi connectivity index (χ2v) is 4.39. The fourth-order valence-electron chi connectivity index (χ4n) is 1.74. The van der Waals surface area contributed by atoms with Crippen LogP contribution in [0.4, 0.5) is 0 Å². The second kappa shape index (κ2) is 8.51. The summed E-state index contributed by atoms with van der Waals surface area (Å²) in [6, 6.07) is 7.69. The van der Waals surface area contributed by atoms with E-state index in [1.54, 1.807) is 13.2 Å². The highest BCUT2D eigenvalue weighted by Gasteiger charge is 1.97. The molecule has 0 aliphatic carbocycles. The van der Waals surface area contributed by atoms with Crippen LogP contribution in [0.1, 0.15) is 44.6 Å². The molecule has 0 saturated carbocycles. The third kappa shape index (κ3) is 5.67. The van der Waals surface area contributed by atoms with E-state index < -0.39 is 0 Å². The van der Waals surface area contributed by atoms with Gasteiger partial charge in [0.25, 0.3) is 0 Å². The Morgan fingerprint density at radius 3 is 2.83 bits per heavy atom. The summed E-state index contributed by atoms with van der Waals surface area (Å²) in [4.78, 5) is 11.6. The molecule has 0 heterocycles. The van der Waals surface area contributed by atoms with Crippen molar-refractivity contribution in [2.75, 3.05) is 7.11 Å². The van der Waals surface area contributed by atoms with Gasteiger partial charge in [-0.3, -0.25) is 4.79 Å². The number of carbonyl (C=O) groups is 1. The largest absolute Gasteiger partial charge is 0.497 e. The van der Waals surface area contributed by atoms with Gasteiger partial charge in [0, 0.05) is 6.42 Å². The molecule has 1 aromatic carbocycles. The van der Waals surface area contributed by atoms with Gasteiger partial charge in [0.05, 0.1) is 7.11 Å². The van der Waals surface area contributed by atoms with Gasteiger partial charge in [-0.2, -0.15) is 0 Å². The van der Waals surface area contributed by atoms with E-state index in [1.165, 1.54) is 12.8 Å². The van der Waals surface area contributed by atoms with Crippen LogP contribution in [0.2, 0.25) is 0 Å². The highest BCUT2D eigenvalue weighted by atomic mass is 16.5. The third-order valence-corrected chi connectivity index (χ3v) is 2.83. The van der Waals surface area contributed by atoms with Crippen molar-refractivity contribution in [1.29, 1.82) is 0 Å². The Balaban J connectivity index is 2.40. The van der Waals surface area contributed by atoms with E-state index in [2.05, 4.69) is 6.92 Å². The molecular formula is C16H22O2. The minimum absolute atomic E-state index is 0.203. The van der Waals surface area contributed by atoms with E-state index in [-0.39, 0.29) is 5.78 Å². The van der Waals surface area contributed by atoms with Gasteiger partial charge in [-0.25, -0.2) is 0 Å². The van der Waals surface area contributed by atoms with Crippen LogP contribution >= 0.6 is 0 Å². The van der Waals surface area contributed by atoms with E-state index in [1.807, 2.05) is 30.3 Å². The van der Waals surface area contributed by atoms with Crippen LogP contribution < -0.4 is 4.74 Å². The van der Waals surface area contributed by atoms with Gasteiger partial charge in [0.2, 0.25) is 0 Å². The van der Waals surface area contributed by atoms with E-state index in [4.69, 9.17) is 4.74 Å². The SMILES string of the molecule is CCCCCCC(=O)C=Cc1cccc(OC)c1. The van der Waals surface area contributed by atoms with E-state index in [0.717, 1.165) is 24.2 Å². The molecule has 0 radical (unpaired) electrons. The minimum Gasteiger partial charge on any atom is -0.497 e. The van der Waals surface area contributed by atoms with Crippen molar-refractivity contribution in [1.82, 2.24) is 0 Å². The zero-order valence-corrected chi connectivity index (χ0v) is 11.3. The van der Waals surface area contributed by atoms with Crippen molar-refractivity contribution in [3.8, 4) is 5.75 Å². The van der Waals surface area contributed by atoms with Gasteiger partial charge in [-0.15, -0.1) is 0 Å². The summed E-state index contributed by atoms with van der Waals surface area (Å²) in [6.07, 6.45) is 8.73. The van der Waals surface area contributed by atoms with Crippen LogP contribution in [0.15, 0.2) is 30.3 Å². The summed E-state index contributed by atoms with van der Waals surface area (Å²) in [7, 11) is 1.64. The normalized spacial score (nSPS) is 10.8. The van der Waals surface area contributed by atoms with Gasteiger partial charge in [-0.05, 0) is 30.2 Å². The molecule has 98 valence electrons. The van der Waals surface area contributed by atoms with Crippen LogP contribution in [-0.4, -0.2) is 12.9 Å². The first-order chi connectivity index (χ1) is 8.76. The molecule has 0 saturated heterocycles. The molecule has 0 aliphatic rings. The summed E-state index contributed by atoms with van der Waals surface area (Å²) < 4.78 is 5.13. The second-order valence-electron chi connectivity index (χ2n) is 4.39. The first-order valence-corrected chi connectivity index (χ1v) is 6.61. The zero-order valence-electron chi connectivity index (χ0n) is 11.3. The summed E-state index contributed by atoms with van der Waals surface area (Å²) in [5, 5.41) is 0. The average molecular weight is 246 g/mol. The standard InChI is InChI=1S/C16H22O2/c1-3-4-5-6-9-15(17)12-11-14-8-7-10-16(13-14)18-2/h7-8,10-13H,3-6,9H2,1-2H3. The van der Waals surface area contributed by atoms with E-state index in [9.17, 15) is 4.79 Å². The first kappa shape index (κ1) is 14.5. The van der Waals surface area contributed by atoms with Gasteiger partial charge in [0.1, 0.15) is 5.75 Å². The van der Waals surface area contributed by atoms with Gasteiger partial charge >= 0.3 is 0 Å². The quantitative estimate of drug-likeness (QED) is 0.506. The van der Waals surface area contributed by atoms with Gasteiger partial charge in [-0.1, -0.05) is 44.4 Å². The molecule has 0 aliphatic heterocycles. The fraction of sp³-hybridized carbons (Fsp3) is 0.438. The van der Waals surface area contributed by atoms with E-state index in [0.29, 0.717) is 6.42 Å². The predicted octanol–water partition coefficient (Wildman–Crippen LogP) is 4.25. The van der Waals surface area contributed by atoms with Crippen molar-refractivity contribution < 1.29 is 9.53 Å². The van der Waals surface area contributed by atoms with Crippen molar-refractivity contribution >= 4 is 11.9 Å². The Bertz CT molecular complexity index is 394. The van der Waals surface area contributed by atoms with Crippen LogP contribution in [0, 0.1) is 0 Å². The molecule has 1 aromatic rings. The number of methoxy groups -OCH3 is 1. The molecule has 0 aromatic heterocycles. The van der Waals surface area contributed by atoms with Crippen LogP contribution in [0.5, 0.6) is 5.75 Å². The maximum Gasteiger partial charge on any atom is 0.155 e. The number of ether oxygens (including phenoxy) is 1. The topological polar surface area (TPSA) is 26.3 Å². The number of carbonyl (C=O) groups excluding carboxylic acids is 1. The maximum atomic E-state index is 11.6. The van der Waals surface area contributed by atoms with E-state index >= 15 is 0 Å². The zero-order chi connectivity index (χ0) is 13.2. The first-order valence-electron chi connectivity index (χ1n) is 6.61. The Kier molecular flexibility index (Phi) is 6.85. The number of hydrogen-bond acceptors (Lipinski definition) is 2. The Hall–Kier alpha value is -1.57. The summed E-state index contributed by atoms with van der Waals surface area (Å²) in [6.45, 7) is 2.17. The van der Waals surface area contributed by atoms with Crippen molar-refractivity contribution in [3.63, 3.8) is 0 Å². The Morgan fingerprint density at radius 2 is 2.11 bits per heavy atom. The number of hydrogen-bond donors (Lipinski definition) is 0. The lowest BCUT2D eigenvalue weighted by Crippen LogP contribution is -1.92. The molecule has 0 spiro atoms. The third-order valence-electron chi connectivity index (χ3n) is 2.83. The lowest BCUT2D eigenvalue weighted by molar-refractivity contribution is -0.114. The van der Waals surface area contributed by atoms with Crippen molar-refractivity contribution in [2.24, 2.45) is 0 Å². The summed E-state index contributed by atoms with van der Waals surface area (Å²) >= 11 is 0. The number of unbranched alkanes of at least 4 members (excludes halogenated alkanes) is 3. The molecule has 2 nitrogen and oxygen atoms in total. The number of rotatable bonds is 8. The Labute approximate surface area is 110 Å². The lowest BCUT2D eigenvalue weighted by atomic mass is 10.1. The minimum atomic E-state index is 0.203. The molecule has 0 atom stereocenters. The molecular weight excluding hydrogens is 224 g/mol. The summed E-state index contributed by atoms with van der Waals surface area (Å²) in [5.74, 6) is 1.02. The number of allylic oxidation sites excluding steroid dienone is 1. The van der Waals surface area contributed by atoms with Gasteiger partial charge in [0.15, 0.2) is 5.78 Å². The molecule has 0 unspecified atom stereocenters. The van der Waals surface area contributed by atoms with Crippen LogP contribution in [-0.2, 0) is 4.79 Å². The maximum absolute atomic E-state index is 11.6. The summed E-state index contributed by atoms with van der Waals surface area (Å²) in [5.41, 5.74) is 0.997. The molecule has 0 amide bonds. The molecule has 18 heavy (non-hydrogen) atoms. The lowest BCUT2D eigenvalue weighted by Gasteiger charge is -2.00. The van der Waals surface area contributed by atoms with Crippen LogP contribution in [0.3, 0.4) is 0 Å². The monoisotopic (exact) mass is 246 g/mol. The smallest absolute Gasteiger partial charge is 0.155 e. The number of ketones is 1. The average Bonchev–Trinajstić information content (AvgIpc) is 2.41. The molecule has 0 fully saturated rings. The molecule has 2 heteroatoms. The number of benzene rings is 1.